The molecule has 4 nitrogen and oxygen atoms in total. The van der Waals surface area contributed by atoms with Crippen LogP contribution in [-0.4, -0.2) is 9.67 Å². The summed E-state index contributed by atoms with van der Waals surface area (Å²) in [6.45, 7) is 10.9. The molecule has 0 aliphatic heterocycles. The maximum Gasteiger partial charge on any atom is 0.300 e. The Morgan fingerprint density at radius 2 is 1.75 bits per heavy atom. The van der Waals surface area contributed by atoms with E-state index in [2.05, 4.69) is 96.3 Å². The van der Waals surface area contributed by atoms with E-state index in [0.717, 1.165) is 5.82 Å². The highest BCUT2D eigenvalue weighted by molar-refractivity contribution is 5.92. The van der Waals surface area contributed by atoms with Crippen molar-refractivity contribution in [2.45, 2.75) is 40.7 Å². The number of rotatable bonds is 3. The highest BCUT2D eigenvalue weighted by Gasteiger charge is 2.28. The van der Waals surface area contributed by atoms with E-state index in [0.29, 0.717) is 6.04 Å². The molecule has 142 valence electrons. The fourth-order valence-electron chi connectivity index (χ4n) is 4.30. The fraction of sp³-hybridized carbons (Fsp3) is 0.292. The smallest absolute Gasteiger partial charge is 0.200 e. The molecule has 0 unspecified atom stereocenters. The Labute approximate surface area is 166 Å². The normalized spacial score (nSPS) is 11.5. The molecule has 4 heteroatoms. The number of nitrogens with zero attached hydrogens (tertiary/aromatic N) is 4. The van der Waals surface area contributed by atoms with Crippen molar-refractivity contribution >= 4 is 10.9 Å². The van der Waals surface area contributed by atoms with Gasteiger partial charge in [-0.2, -0.15) is 4.68 Å². The topological polar surface area (TPSA) is 25.6 Å². The van der Waals surface area contributed by atoms with Gasteiger partial charge in [-0.05, 0) is 57.5 Å². The third-order valence-electron chi connectivity index (χ3n) is 5.51. The van der Waals surface area contributed by atoms with Gasteiger partial charge in [0, 0.05) is 18.6 Å². The van der Waals surface area contributed by atoms with Crippen molar-refractivity contribution < 1.29 is 9.25 Å². The molecule has 28 heavy (non-hydrogen) atoms. The summed E-state index contributed by atoms with van der Waals surface area (Å²) in [5.41, 5.74) is 7.48. The standard InChI is InChI=1S/C24H28N4/c1-16(2)28-22-11-8-7-10-20(22)24(26(28)6)21-14-17(3)15-23(18(21)4)27-13-9-12-25-19(27)5/h7-16H,1-6H3/q+2. The molecule has 0 saturated heterocycles. The minimum Gasteiger partial charge on any atom is -0.200 e. The van der Waals surface area contributed by atoms with Crippen molar-refractivity contribution in [1.29, 1.82) is 0 Å². The lowest BCUT2D eigenvalue weighted by Crippen LogP contribution is -2.41. The van der Waals surface area contributed by atoms with Crippen LogP contribution in [0.4, 0.5) is 0 Å². The van der Waals surface area contributed by atoms with E-state index in [1.165, 1.54) is 39.0 Å². The largest absolute Gasteiger partial charge is 0.300 e. The average Bonchev–Trinajstić information content (AvgIpc) is 2.96. The molecule has 2 aromatic heterocycles. The van der Waals surface area contributed by atoms with Gasteiger partial charge in [0.25, 0.3) is 5.82 Å². The zero-order chi connectivity index (χ0) is 20.0. The Kier molecular flexibility index (Phi) is 4.50. The van der Waals surface area contributed by atoms with Gasteiger partial charge in [0.1, 0.15) is 23.6 Å². The lowest BCUT2D eigenvalue weighted by molar-refractivity contribution is -0.743. The van der Waals surface area contributed by atoms with Crippen molar-refractivity contribution in [1.82, 2.24) is 9.67 Å². The van der Waals surface area contributed by atoms with Crippen molar-refractivity contribution in [2.24, 2.45) is 7.05 Å². The number of benzene rings is 2. The van der Waals surface area contributed by atoms with Crippen LogP contribution in [0.15, 0.2) is 54.9 Å². The van der Waals surface area contributed by atoms with E-state index >= 15 is 0 Å². The van der Waals surface area contributed by atoms with Crippen LogP contribution in [0.1, 0.15) is 36.8 Å². The van der Waals surface area contributed by atoms with E-state index in [-0.39, 0.29) is 0 Å². The van der Waals surface area contributed by atoms with E-state index in [4.69, 9.17) is 0 Å². The lowest BCUT2D eigenvalue weighted by atomic mass is 9.98. The van der Waals surface area contributed by atoms with Crippen LogP contribution < -0.4 is 9.25 Å². The second kappa shape index (κ2) is 6.86. The zero-order valence-corrected chi connectivity index (χ0v) is 17.6. The molecule has 0 fully saturated rings. The third kappa shape index (κ3) is 2.80. The summed E-state index contributed by atoms with van der Waals surface area (Å²) in [6.07, 6.45) is 3.93. The van der Waals surface area contributed by atoms with Crippen molar-refractivity contribution in [3.05, 3.63) is 71.8 Å². The summed E-state index contributed by atoms with van der Waals surface area (Å²) < 4.78 is 6.85. The molecular formula is C24H28N4+2. The Morgan fingerprint density at radius 3 is 2.46 bits per heavy atom. The first-order valence-corrected chi connectivity index (χ1v) is 9.84. The number of para-hydroxylation sites is 1. The minimum atomic E-state index is 0.378. The highest BCUT2D eigenvalue weighted by Crippen LogP contribution is 2.32. The van der Waals surface area contributed by atoms with E-state index in [1.54, 1.807) is 0 Å². The van der Waals surface area contributed by atoms with E-state index in [1.807, 2.05) is 19.2 Å². The molecule has 2 heterocycles. The van der Waals surface area contributed by atoms with Crippen LogP contribution in [0.2, 0.25) is 0 Å². The maximum absolute atomic E-state index is 4.48. The predicted molar refractivity (Wildman–Crippen MR) is 112 cm³/mol. The predicted octanol–water partition coefficient (Wildman–Crippen LogP) is 4.31. The van der Waals surface area contributed by atoms with Gasteiger partial charge in [-0.3, -0.25) is 0 Å². The first kappa shape index (κ1) is 18.4. The summed E-state index contributed by atoms with van der Waals surface area (Å²) in [4.78, 5) is 4.48. The Bertz CT molecular complexity index is 1180. The molecule has 0 radical (unpaired) electrons. The van der Waals surface area contributed by atoms with Crippen molar-refractivity contribution in [3.63, 3.8) is 0 Å². The van der Waals surface area contributed by atoms with Crippen LogP contribution in [0, 0.1) is 20.8 Å². The van der Waals surface area contributed by atoms with Crippen LogP contribution in [0.5, 0.6) is 0 Å². The fourth-order valence-corrected chi connectivity index (χ4v) is 4.30. The number of hydrogen-bond acceptors (Lipinski definition) is 1. The van der Waals surface area contributed by atoms with Gasteiger partial charge < -0.3 is 0 Å². The molecule has 0 N–H and O–H groups in total. The van der Waals surface area contributed by atoms with Crippen LogP contribution in [-0.2, 0) is 7.05 Å². The summed E-state index contributed by atoms with van der Waals surface area (Å²) >= 11 is 0. The molecule has 0 aliphatic rings. The maximum atomic E-state index is 4.48. The average molecular weight is 373 g/mol. The van der Waals surface area contributed by atoms with Gasteiger partial charge >= 0.3 is 0 Å². The Balaban J connectivity index is 2.07. The van der Waals surface area contributed by atoms with Gasteiger partial charge in [0.15, 0.2) is 7.05 Å². The highest BCUT2D eigenvalue weighted by atomic mass is 15.4. The molecule has 4 rings (SSSR count). The van der Waals surface area contributed by atoms with Crippen molar-refractivity contribution in [3.8, 4) is 16.9 Å². The van der Waals surface area contributed by atoms with Crippen LogP contribution >= 0.6 is 0 Å². The van der Waals surface area contributed by atoms with Gasteiger partial charge in [-0.1, -0.05) is 17.1 Å². The van der Waals surface area contributed by atoms with Crippen LogP contribution in [0.25, 0.3) is 27.8 Å². The zero-order valence-electron chi connectivity index (χ0n) is 17.6. The summed E-state index contributed by atoms with van der Waals surface area (Å²) in [7, 11) is 2.17. The number of aryl methyl sites for hydroxylation is 2. The Morgan fingerprint density at radius 1 is 1.00 bits per heavy atom. The van der Waals surface area contributed by atoms with E-state index < -0.39 is 0 Å². The molecule has 0 aliphatic carbocycles. The summed E-state index contributed by atoms with van der Waals surface area (Å²) in [5.74, 6) is 0.983. The molecule has 0 saturated carbocycles. The number of aromatic nitrogens is 4. The molecule has 0 bridgehead atoms. The molecule has 0 amide bonds. The first-order valence-electron chi connectivity index (χ1n) is 9.84. The monoisotopic (exact) mass is 372 g/mol. The van der Waals surface area contributed by atoms with Crippen molar-refractivity contribution in [2.75, 3.05) is 0 Å². The molecular weight excluding hydrogens is 344 g/mol. The quantitative estimate of drug-likeness (QED) is 0.492. The molecule has 0 spiro atoms. The molecule has 4 aromatic rings. The number of fused-ring (bicyclic) bond motifs is 1. The van der Waals surface area contributed by atoms with Gasteiger partial charge in [0.05, 0.1) is 17.0 Å². The van der Waals surface area contributed by atoms with Crippen LogP contribution in [0.3, 0.4) is 0 Å². The second-order valence-electron chi connectivity index (χ2n) is 7.82. The molecule has 0 atom stereocenters. The third-order valence-corrected chi connectivity index (χ3v) is 5.51. The summed E-state index contributed by atoms with van der Waals surface area (Å²) in [6, 6.07) is 15.6. The summed E-state index contributed by atoms with van der Waals surface area (Å²) in [5, 5.41) is 1.28. The Hall–Kier alpha value is -3.01. The number of hydrogen-bond donors (Lipinski definition) is 0. The second-order valence-corrected chi connectivity index (χ2v) is 7.82. The van der Waals surface area contributed by atoms with Gasteiger partial charge in [0.2, 0.25) is 5.69 Å². The lowest BCUT2D eigenvalue weighted by Gasteiger charge is -2.11. The van der Waals surface area contributed by atoms with Gasteiger partial charge in [-0.15, -0.1) is 4.68 Å². The minimum absolute atomic E-state index is 0.378. The SMILES string of the molecule is Cc1cc(-c2c3ccccc3n(C(C)C)[n+]2C)c(C)c(-[n+]2cccnc2C)c1. The van der Waals surface area contributed by atoms with Gasteiger partial charge in [-0.25, -0.2) is 4.57 Å². The van der Waals surface area contributed by atoms with E-state index in [9.17, 15) is 0 Å². The first-order chi connectivity index (χ1) is 13.4. The molecule has 2 aromatic carbocycles.